The number of allylic oxidation sites excluding steroid dienone is 1. The molecule has 4 rings (SSSR count). The van der Waals surface area contributed by atoms with Crippen LogP contribution in [0.1, 0.15) is 18.4 Å². The van der Waals surface area contributed by atoms with Crippen molar-refractivity contribution in [2.75, 3.05) is 57.9 Å². The number of carbonyl (C=O) groups is 2. The van der Waals surface area contributed by atoms with E-state index in [1.807, 2.05) is 41.3 Å². The predicted octanol–water partition coefficient (Wildman–Crippen LogP) is 0.401. The van der Waals surface area contributed by atoms with E-state index in [-0.39, 0.29) is 42.5 Å². The van der Waals surface area contributed by atoms with E-state index in [2.05, 4.69) is 5.32 Å². The number of morpholine rings is 1. The second-order valence-corrected chi connectivity index (χ2v) is 11.4. The molecule has 3 aliphatic heterocycles. The van der Waals surface area contributed by atoms with Crippen molar-refractivity contribution >= 4 is 21.7 Å². The lowest BCUT2D eigenvalue weighted by Crippen LogP contribution is -2.61. The van der Waals surface area contributed by atoms with E-state index in [1.165, 1.54) is 0 Å². The Morgan fingerprint density at radius 3 is 2.88 bits per heavy atom. The molecule has 0 radical (unpaired) electrons. The molecular formula is C24H33N3O6S. The van der Waals surface area contributed by atoms with Gasteiger partial charge in [-0.05, 0) is 24.5 Å². The van der Waals surface area contributed by atoms with Crippen molar-refractivity contribution in [2.45, 2.75) is 30.9 Å². The standard InChI is InChI=1S/C24H33N3O6S/c1-26(20-9-15-34(30,31)17-20)22(28)16-27-12-14-33-24(18-27)10-5-4-7-19-6-2-3-8-21(19)32-13-11-25-23(24)29/h2-6,8,20H,7,9-18H2,1H3,(H,25,29)/b5-4+. The fraction of sp³-hybridized carbons (Fsp3) is 0.583. The molecule has 2 saturated heterocycles. The van der Waals surface area contributed by atoms with Gasteiger partial charge in [0.15, 0.2) is 15.4 Å². The van der Waals surface area contributed by atoms with Gasteiger partial charge in [0.1, 0.15) is 12.4 Å². The van der Waals surface area contributed by atoms with Crippen LogP contribution >= 0.6 is 0 Å². The van der Waals surface area contributed by atoms with Gasteiger partial charge in [-0.3, -0.25) is 14.5 Å². The molecule has 0 bridgehead atoms. The first-order chi connectivity index (χ1) is 16.3. The van der Waals surface area contributed by atoms with Gasteiger partial charge in [-0.25, -0.2) is 8.42 Å². The zero-order valence-electron chi connectivity index (χ0n) is 19.6. The summed E-state index contributed by atoms with van der Waals surface area (Å²) in [5.41, 5.74) is -0.0170. The summed E-state index contributed by atoms with van der Waals surface area (Å²) in [6.07, 6.45) is 5.52. The number of para-hydroxylation sites is 1. The summed E-state index contributed by atoms with van der Waals surface area (Å²) in [7, 11) is -1.41. The zero-order chi connectivity index (χ0) is 24.2. The number of hydrogen-bond donors (Lipinski definition) is 1. The van der Waals surface area contributed by atoms with Crippen LogP contribution < -0.4 is 10.1 Å². The smallest absolute Gasteiger partial charge is 0.254 e. The summed E-state index contributed by atoms with van der Waals surface area (Å²) in [6.45, 7) is 1.95. The number of benzene rings is 1. The first kappa shape index (κ1) is 24.7. The number of rotatable bonds is 3. The Balaban J connectivity index is 1.43. The number of carbonyl (C=O) groups excluding carboxylic acids is 2. The maximum atomic E-state index is 13.2. The third-order valence-electron chi connectivity index (χ3n) is 6.76. The SMILES string of the molecule is CN(C(=O)CN1CCOC2(C/C=C/Cc3ccccc3OCCNC2=O)C1)C1CCS(=O)(=O)C1. The molecular weight excluding hydrogens is 458 g/mol. The van der Waals surface area contributed by atoms with Crippen molar-refractivity contribution in [1.29, 1.82) is 0 Å². The van der Waals surface area contributed by atoms with Gasteiger partial charge >= 0.3 is 0 Å². The van der Waals surface area contributed by atoms with E-state index in [4.69, 9.17) is 9.47 Å². The lowest BCUT2D eigenvalue weighted by molar-refractivity contribution is -0.162. The highest BCUT2D eigenvalue weighted by Gasteiger charge is 2.43. The highest BCUT2D eigenvalue weighted by molar-refractivity contribution is 7.91. The normalized spacial score (nSPS) is 28.6. The molecule has 0 aliphatic carbocycles. The van der Waals surface area contributed by atoms with Gasteiger partial charge in [0.05, 0.1) is 31.2 Å². The molecule has 34 heavy (non-hydrogen) atoms. The lowest BCUT2D eigenvalue weighted by atomic mass is 9.94. The molecule has 9 nitrogen and oxygen atoms in total. The first-order valence-corrected chi connectivity index (χ1v) is 13.6. The maximum Gasteiger partial charge on any atom is 0.254 e. The van der Waals surface area contributed by atoms with E-state index in [9.17, 15) is 18.0 Å². The molecule has 10 heteroatoms. The number of nitrogens with zero attached hydrogens (tertiary/aromatic N) is 2. The van der Waals surface area contributed by atoms with E-state index in [0.717, 1.165) is 11.3 Å². The Labute approximate surface area is 201 Å². The van der Waals surface area contributed by atoms with Crippen molar-refractivity contribution in [3.05, 3.63) is 42.0 Å². The number of likely N-dealkylation sites (N-methyl/N-ethyl adjacent to an activating group) is 1. The Morgan fingerprint density at radius 2 is 2.09 bits per heavy atom. The van der Waals surface area contributed by atoms with Gasteiger partial charge in [-0.2, -0.15) is 0 Å². The fourth-order valence-electron chi connectivity index (χ4n) is 4.72. The van der Waals surface area contributed by atoms with Crippen LogP contribution in [0.5, 0.6) is 5.75 Å². The minimum Gasteiger partial charge on any atom is -0.491 e. The average Bonchev–Trinajstić information content (AvgIpc) is 3.18. The summed E-state index contributed by atoms with van der Waals surface area (Å²) in [4.78, 5) is 29.6. The van der Waals surface area contributed by atoms with Gasteiger partial charge in [0, 0.05) is 32.6 Å². The van der Waals surface area contributed by atoms with Crippen LogP contribution in [0, 0.1) is 0 Å². The van der Waals surface area contributed by atoms with Crippen LogP contribution in [0.3, 0.4) is 0 Å². The minimum absolute atomic E-state index is 0.0146. The molecule has 2 amide bonds. The number of ether oxygens (including phenoxy) is 2. The highest BCUT2D eigenvalue weighted by atomic mass is 32.2. The molecule has 1 aromatic carbocycles. The quantitative estimate of drug-likeness (QED) is 0.611. The molecule has 1 aromatic rings. The van der Waals surface area contributed by atoms with E-state index < -0.39 is 15.4 Å². The number of fused-ring (bicyclic) bond motifs is 1. The number of amides is 2. The van der Waals surface area contributed by atoms with Gasteiger partial charge in [0.25, 0.3) is 5.91 Å². The zero-order valence-corrected chi connectivity index (χ0v) is 20.4. The minimum atomic E-state index is -3.07. The summed E-state index contributed by atoms with van der Waals surface area (Å²) in [6, 6.07) is 7.56. The molecule has 0 aromatic heterocycles. The largest absolute Gasteiger partial charge is 0.491 e. The monoisotopic (exact) mass is 491 g/mol. The first-order valence-electron chi connectivity index (χ1n) is 11.7. The van der Waals surface area contributed by atoms with Crippen LogP contribution in [0.15, 0.2) is 36.4 Å². The topological polar surface area (TPSA) is 105 Å². The van der Waals surface area contributed by atoms with Gasteiger partial charge in [-0.15, -0.1) is 0 Å². The molecule has 3 heterocycles. The van der Waals surface area contributed by atoms with E-state index >= 15 is 0 Å². The van der Waals surface area contributed by atoms with Crippen LogP contribution in [-0.4, -0.2) is 99.6 Å². The van der Waals surface area contributed by atoms with E-state index in [1.54, 1.807) is 11.9 Å². The van der Waals surface area contributed by atoms with E-state index in [0.29, 0.717) is 45.6 Å². The van der Waals surface area contributed by atoms with Crippen molar-refractivity contribution < 1.29 is 27.5 Å². The second-order valence-electron chi connectivity index (χ2n) is 9.21. The molecule has 2 atom stereocenters. The molecule has 2 unspecified atom stereocenters. The van der Waals surface area contributed by atoms with Gasteiger partial charge < -0.3 is 19.7 Å². The van der Waals surface area contributed by atoms with Gasteiger partial charge in [-0.1, -0.05) is 30.4 Å². The second kappa shape index (κ2) is 10.5. The molecule has 0 saturated carbocycles. The third kappa shape index (κ3) is 5.79. The number of nitrogens with one attached hydrogen (secondary N) is 1. The van der Waals surface area contributed by atoms with Crippen LogP contribution in [0.2, 0.25) is 0 Å². The van der Waals surface area contributed by atoms with Crippen molar-refractivity contribution in [2.24, 2.45) is 0 Å². The van der Waals surface area contributed by atoms with Crippen LogP contribution in [0.4, 0.5) is 0 Å². The average molecular weight is 492 g/mol. The van der Waals surface area contributed by atoms with Crippen LogP contribution in [-0.2, 0) is 30.6 Å². The summed E-state index contributed by atoms with van der Waals surface area (Å²) in [5, 5.41) is 2.93. The van der Waals surface area contributed by atoms with Crippen molar-refractivity contribution in [3.63, 3.8) is 0 Å². The molecule has 2 fully saturated rings. The molecule has 1 spiro atoms. The number of hydrogen-bond acceptors (Lipinski definition) is 7. The summed E-state index contributed by atoms with van der Waals surface area (Å²) in [5.74, 6) is 0.585. The number of sulfone groups is 1. The molecule has 1 N–H and O–H groups in total. The fourth-order valence-corrected chi connectivity index (χ4v) is 6.49. The maximum absolute atomic E-state index is 13.2. The van der Waals surface area contributed by atoms with Gasteiger partial charge in [0.2, 0.25) is 5.91 Å². The summed E-state index contributed by atoms with van der Waals surface area (Å²) < 4.78 is 35.5. The third-order valence-corrected chi connectivity index (χ3v) is 8.51. The Bertz CT molecular complexity index is 1040. The highest BCUT2D eigenvalue weighted by Crippen LogP contribution is 2.25. The van der Waals surface area contributed by atoms with Crippen LogP contribution in [0.25, 0.3) is 0 Å². The molecule has 186 valence electrons. The summed E-state index contributed by atoms with van der Waals surface area (Å²) >= 11 is 0. The predicted molar refractivity (Wildman–Crippen MR) is 127 cm³/mol. The Hall–Kier alpha value is -2.43. The van der Waals surface area contributed by atoms with Crippen molar-refractivity contribution in [3.8, 4) is 5.75 Å². The molecule has 3 aliphatic rings. The lowest BCUT2D eigenvalue weighted by Gasteiger charge is -2.41. The van der Waals surface area contributed by atoms with Crippen molar-refractivity contribution in [1.82, 2.24) is 15.1 Å². The Morgan fingerprint density at radius 1 is 1.26 bits per heavy atom. The Kier molecular flexibility index (Phi) is 7.59.